The number of nitrogens with zero attached hydrogens (tertiary/aromatic N) is 1. The van der Waals surface area contributed by atoms with E-state index in [4.69, 9.17) is 9.15 Å². The number of para-hydroxylation sites is 2. The Morgan fingerprint density at radius 2 is 1.67 bits per heavy atom. The summed E-state index contributed by atoms with van der Waals surface area (Å²) in [6.07, 6.45) is -0.0510. The van der Waals surface area contributed by atoms with Gasteiger partial charge in [0.25, 0.3) is 5.56 Å². The molecule has 0 aliphatic carbocycles. The van der Waals surface area contributed by atoms with Gasteiger partial charge in [0.2, 0.25) is 0 Å². The Balaban J connectivity index is 2.06. The van der Waals surface area contributed by atoms with Crippen LogP contribution in [-0.2, 0) is 0 Å². The molecule has 18 heavy (non-hydrogen) atoms. The average molecular weight is 239 g/mol. The van der Waals surface area contributed by atoms with Crippen molar-refractivity contribution in [3.8, 4) is 11.8 Å². The van der Waals surface area contributed by atoms with Crippen molar-refractivity contribution in [3.05, 3.63) is 65.0 Å². The molecule has 3 aromatic rings. The summed E-state index contributed by atoms with van der Waals surface area (Å²) < 4.78 is 10.8. The topological polar surface area (TPSA) is 52.3 Å². The number of aromatic nitrogens is 1. The van der Waals surface area contributed by atoms with Crippen LogP contribution in [0.5, 0.6) is 11.8 Å². The summed E-state index contributed by atoms with van der Waals surface area (Å²) >= 11 is 0. The van der Waals surface area contributed by atoms with E-state index in [0.717, 1.165) is 0 Å². The highest BCUT2D eigenvalue weighted by Crippen LogP contribution is 2.20. The molecule has 0 bridgehead atoms. The SMILES string of the molecule is O=c1nc(Oc2ccccc2)oc2ccccc12. The Morgan fingerprint density at radius 3 is 2.50 bits per heavy atom. The van der Waals surface area contributed by atoms with Gasteiger partial charge in [-0.25, -0.2) is 0 Å². The molecule has 0 N–H and O–H groups in total. The summed E-state index contributed by atoms with van der Waals surface area (Å²) in [5, 5.41) is 0.443. The van der Waals surface area contributed by atoms with Crippen molar-refractivity contribution >= 4 is 11.0 Å². The third-order valence-electron chi connectivity index (χ3n) is 2.46. The lowest BCUT2D eigenvalue weighted by Crippen LogP contribution is -2.06. The molecule has 0 atom stereocenters. The first-order valence-electron chi connectivity index (χ1n) is 5.46. The molecule has 2 aromatic carbocycles. The van der Waals surface area contributed by atoms with E-state index in [-0.39, 0.29) is 11.6 Å². The van der Waals surface area contributed by atoms with E-state index in [9.17, 15) is 4.79 Å². The monoisotopic (exact) mass is 239 g/mol. The molecule has 0 aliphatic heterocycles. The first-order chi connectivity index (χ1) is 8.83. The highest BCUT2D eigenvalue weighted by Gasteiger charge is 2.07. The molecule has 0 aliphatic rings. The van der Waals surface area contributed by atoms with Gasteiger partial charge in [0.05, 0.1) is 5.39 Å². The van der Waals surface area contributed by atoms with E-state index in [1.807, 2.05) is 18.2 Å². The standard InChI is InChI=1S/C14H9NO3/c16-13-11-8-4-5-9-12(11)18-14(15-13)17-10-6-2-1-3-7-10/h1-9H. The van der Waals surface area contributed by atoms with Crippen LogP contribution in [0.3, 0.4) is 0 Å². The number of ether oxygens (including phenoxy) is 1. The smallest absolute Gasteiger partial charge is 0.403 e. The minimum absolute atomic E-state index is 0.0510. The highest BCUT2D eigenvalue weighted by atomic mass is 16.6. The van der Waals surface area contributed by atoms with Crippen molar-refractivity contribution in [1.82, 2.24) is 4.98 Å². The minimum atomic E-state index is -0.359. The van der Waals surface area contributed by atoms with E-state index < -0.39 is 0 Å². The van der Waals surface area contributed by atoms with E-state index in [0.29, 0.717) is 16.7 Å². The van der Waals surface area contributed by atoms with Crippen molar-refractivity contribution < 1.29 is 9.15 Å². The van der Waals surface area contributed by atoms with Gasteiger partial charge in [-0.3, -0.25) is 4.79 Å². The maximum Gasteiger partial charge on any atom is 0.403 e. The third-order valence-corrected chi connectivity index (χ3v) is 2.46. The first-order valence-corrected chi connectivity index (χ1v) is 5.46. The van der Waals surface area contributed by atoms with Gasteiger partial charge < -0.3 is 9.15 Å². The van der Waals surface area contributed by atoms with Crippen molar-refractivity contribution in [3.63, 3.8) is 0 Å². The lowest BCUT2D eigenvalue weighted by atomic mass is 10.3. The maximum absolute atomic E-state index is 11.7. The highest BCUT2D eigenvalue weighted by molar-refractivity contribution is 5.75. The van der Waals surface area contributed by atoms with Crippen LogP contribution < -0.4 is 10.3 Å². The van der Waals surface area contributed by atoms with Crippen LogP contribution in [0, 0.1) is 0 Å². The predicted molar refractivity (Wildman–Crippen MR) is 66.8 cm³/mol. The van der Waals surface area contributed by atoms with Crippen molar-refractivity contribution in [2.24, 2.45) is 0 Å². The minimum Gasteiger partial charge on any atom is -0.411 e. The fourth-order valence-corrected chi connectivity index (χ4v) is 1.63. The summed E-state index contributed by atoms with van der Waals surface area (Å²) in [5.41, 5.74) is 0.103. The zero-order chi connectivity index (χ0) is 12.4. The molecular weight excluding hydrogens is 230 g/mol. The molecule has 1 heterocycles. The van der Waals surface area contributed by atoms with Crippen LogP contribution in [0.15, 0.2) is 63.8 Å². The summed E-state index contributed by atoms with van der Waals surface area (Å²) in [6.45, 7) is 0. The number of hydrogen-bond donors (Lipinski definition) is 0. The van der Waals surface area contributed by atoms with E-state index in [1.165, 1.54) is 0 Å². The Hall–Kier alpha value is -2.62. The van der Waals surface area contributed by atoms with E-state index in [1.54, 1.807) is 36.4 Å². The molecule has 3 rings (SSSR count). The lowest BCUT2D eigenvalue weighted by molar-refractivity contribution is 0.330. The van der Waals surface area contributed by atoms with Gasteiger partial charge in [0.1, 0.15) is 11.3 Å². The summed E-state index contributed by atoms with van der Waals surface area (Å²) in [4.78, 5) is 15.5. The van der Waals surface area contributed by atoms with Gasteiger partial charge >= 0.3 is 6.08 Å². The van der Waals surface area contributed by atoms with Gasteiger partial charge in [0, 0.05) is 0 Å². The zero-order valence-electron chi connectivity index (χ0n) is 9.37. The second-order valence-electron chi connectivity index (χ2n) is 3.70. The van der Waals surface area contributed by atoms with Crippen LogP contribution in [0.4, 0.5) is 0 Å². The molecular formula is C14H9NO3. The molecule has 0 fully saturated rings. The van der Waals surface area contributed by atoms with Crippen molar-refractivity contribution in [1.29, 1.82) is 0 Å². The Morgan fingerprint density at radius 1 is 0.944 bits per heavy atom. The zero-order valence-corrected chi connectivity index (χ0v) is 9.37. The molecule has 0 saturated carbocycles. The average Bonchev–Trinajstić information content (AvgIpc) is 2.40. The maximum atomic E-state index is 11.7. The number of hydrogen-bond acceptors (Lipinski definition) is 4. The largest absolute Gasteiger partial charge is 0.411 e. The van der Waals surface area contributed by atoms with Gasteiger partial charge in [-0.05, 0) is 24.3 Å². The van der Waals surface area contributed by atoms with Gasteiger partial charge in [0.15, 0.2) is 0 Å². The molecule has 0 saturated heterocycles. The Kier molecular flexibility index (Phi) is 2.53. The predicted octanol–water partition coefficient (Wildman–Crippen LogP) is 2.98. The number of fused-ring (bicyclic) bond motifs is 1. The lowest BCUT2D eigenvalue weighted by Gasteiger charge is -2.03. The second-order valence-corrected chi connectivity index (χ2v) is 3.70. The quantitative estimate of drug-likeness (QED) is 0.689. The Bertz CT molecular complexity index is 735. The molecule has 0 radical (unpaired) electrons. The normalized spacial score (nSPS) is 10.4. The molecule has 0 spiro atoms. The van der Waals surface area contributed by atoms with Crippen LogP contribution in [0.1, 0.15) is 0 Å². The summed E-state index contributed by atoms with van der Waals surface area (Å²) in [7, 11) is 0. The van der Waals surface area contributed by atoms with Crippen molar-refractivity contribution in [2.75, 3.05) is 0 Å². The molecule has 0 unspecified atom stereocenters. The van der Waals surface area contributed by atoms with Crippen LogP contribution in [-0.4, -0.2) is 4.98 Å². The number of benzene rings is 2. The molecule has 4 heteroatoms. The molecule has 0 amide bonds. The number of rotatable bonds is 2. The fraction of sp³-hybridized carbons (Fsp3) is 0. The molecule has 4 nitrogen and oxygen atoms in total. The second kappa shape index (κ2) is 4.33. The Labute approximate surface area is 102 Å². The fourth-order valence-electron chi connectivity index (χ4n) is 1.63. The van der Waals surface area contributed by atoms with Crippen LogP contribution in [0.2, 0.25) is 0 Å². The van der Waals surface area contributed by atoms with Gasteiger partial charge in [-0.1, -0.05) is 30.3 Å². The van der Waals surface area contributed by atoms with Crippen molar-refractivity contribution in [2.45, 2.75) is 0 Å². The summed E-state index contributed by atoms with van der Waals surface area (Å²) in [6, 6.07) is 16.0. The van der Waals surface area contributed by atoms with E-state index in [2.05, 4.69) is 4.98 Å². The molecule has 88 valence electrons. The summed E-state index contributed by atoms with van der Waals surface area (Å²) in [5.74, 6) is 0.573. The third kappa shape index (κ3) is 1.96. The molecule has 1 aromatic heterocycles. The first kappa shape index (κ1) is 10.5. The van der Waals surface area contributed by atoms with Gasteiger partial charge in [-0.15, -0.1) is 4.98 Å². The van der Waals surface area contributed by atoms with E-state index >= 15 is 0 Å². The van der Waals surface area contributed by atoms with Gasteiger partial charge in [-0.2, -0.15) is 0 Å². The van der Waals surface area contributed by atoms with Crippen LogP contribution >= 0.6 is 0 Å². The van der Waals surface area contributed by atoms with Crippen LogP contribution in [0.25, 0.3) is 11.0 Å².